The second kappa shape index (κ2) is 1.50. The monoisotopic (exact) mass is 120 g/mol. The topological polar surface area (TPSA) is 23.8 Å². The summed E-state index contributed by atoms with van der Waals surface area (Å²) < 4.78 is 0. The van der Waals surface area contributed by atoms with Gasteiger partial charge in [0.25, 0.3) is 0 Å². The predicted molar refractivity (Wildman–Crippen MR) is 34.3 cm³/mol. The molecule has 1 radical (unpaired) electrons. The van der Waals surface area contributed by atoms with Gasteiger partial charge in [-0.15, -0.1) is 0 Å². The Morgan fingerprint density at radius 3 is 2.78 bits per heavy atom. The molecule has 2 rings (SSSR count). The summed E-state index contributed by atoms with van der Waals surface area (Å²) in [6.45, 7) is 0. The van der Waals surface area contributed by atoms with E-state index in [0.717, 1.165) is 18.8 Å². The van der Waals surface area contributed by atoms with Crippen molar-refractivity contribution in [1.29, 1.82) is 5.26 Å². The molecule has 0 heterocycles. The lowest BCUT2D eigenvalue weighted by molar-refractivity contribution is 0.495. The van der Waals surface area contributed by atoms with E-state index in [4.69, 9.17) is 5.26 Å². The van der Waals surface area contributed by atoms with Gasteiger partial charge in [-0.3, -0.25) is 0 Å². The van der Waals surface area contributed by atoms with Crippen molar-refractivity contribution in [3.8, 4) is 6.07 Å². The van der Waals surface area contributed by atoms with Gasteiger partial charge in [0.15, 0.2) is 0 Å². The molecule has 47 valence electrons. The van der Waals surface area contributed by atoms with Crippen molar-refractivity contribution in [2.45, 2.75) is 25.7 Å². The van der Waals surface area contributed by atoms with E-state index in [0.29, 0.717) is 0 Å². The lowest BCUT2D eigenvalue weighted by Gasteiger charge is -2.14. The average Bonchev–Trinajstić information content (AvgIpc) is 2.46. The Balaban J connectivity index is 2.25. The van der Waals surface area contributed by atoms with Gasteiger partial charge in [0.1, 0.15) is 0 Å². The van der Waals surface area contributed by atoms with Gasteiger partial charge in [0.05, 0.1) is 11.5 Å². The molecule has 0 saturated heterocycles. The summed E-state index contributed by atoms with van der Waals surface area (Å²) in [4.78, 5) is 0. The van der Waals surface area contributed by atoms with Crippen LogP contribution in [0, 0.1) is 29.1 Å². The molecule has 2 atom stereocenters. The number of nitriles is 1. The molecule has 0 aromatic heterocycles. The number of hydrogen-bond donors (Lipinski definition) is 0. The lowest BCUT2D eigenvalue weighted by atomic mass is 9.86. The second-order valence-corrected chi connectivity index (χ2v) is 3.32. The van der Waals surface area contributed by atoms with Crippen LogP contribution in [0.2, 0.25) is 0 Å². The summed E-state index contributed by atoms with van der Waals surface area (Å²) in [6.07, 6.45) is 7.01. The minimum Gasteiger partial charge on any atom is -0.198 e. The van der Waals surface area contributed by atoms with Crippen molar-refractivity contribution in [3.63, 3.8) is 0 Å². The van der Waals surface area contributed by atoms with Gasteiger partial charge in [0, 0.05) is 0 Å². The first-order valence-electron chi connectivity index (χ1n) is 3.60. The van der Waals surface area contributed by atoms with Crippen molar-refractivity contribution in [2.75, 3.05) is 0 Å². The SMILES string of the molecule is N#CC12[CH]CC(CC1)C2. The van der Waals surface area contributed by atoms with Gasteiger partial charge in [-0.1, -0.05) is 0 Å². The summed E-state index contributed by atoms with van der Waals surface area (Å²) in [5, 5.41) is 8.76. The van der Waals surface area contributed by atoms with Crippen molar-refractivity contribution in [2.24, 2.45) is 11.3 Å². The number of fused-ring (bicyclic) bond motifs is 2. The van der Waals surface area contributed by atoms with Crippen LogP contribution in [-0.2, 0) is 0 Å². The van der Waals surface area contributed by atoms with E-state index in [1.54, 1.807) is 0 Å². The van der Waals surface area contributed by atoms with Crippen LogP contribution in [0.25, 0.3) is 0 Å². The Morgan fingerprint density at radius 2 is 2.56 bits per heavy atom. The molecular formula is C8H10N. The molecule has 2 bridgehead atoms. The Morgan fingerprint density at radius 1 is 1.67 bits per heavy atom. The van der Waals surface area contributed by atoms with Crippen molar-refractivity contribution in [1.82, 2.24) is 0 Å². The Hall–Kier alpha value is -0.510. The predicted octanol–water partition coefficient (Wildman–Crippen LogP) is 1.90. The Labute approximate surface area is 55.7 Å². The van der Waals surface area contributed by atoms with Crippen molar-refractivity contribution < 1.29 is 0 Å². The molecule has 1 heteroatoms. The first-order chi connectivity index (χ1) is 4.35. The smallest absolute Gasteiger partial charge is 0.0692 e. The van der Waals surface area contributed by atoms with Gasteiger partial charge >= 0.3 is 0 Å². The molecule has 2 aliphatic rings. The molecular weight excluding hydrogens is 110 g/mol. The first-order valence-corrected chi connectivity index (χ1v) is 3.60. The summed E-state index contributed by atoms with van der Waals surface area (Å²) in [6, 6.07) is 2.41. The van der Waals surface area contributed by atoms with E-state index in [2.05, 4.69) is 12.5 Å². The minimum absolute atomic E-state index is 0.0324. The zero-order valence-corrected chi connectivity index (χ0v) is 5.43. The van der Waals surface area contributed by atoms with E-state index in [1.807, 2.05) is 0 Å². The third-order valence-corrected chi connectivity index (χ3v) is 2.72. The normalized spacial score (nSPS) is 47.2. The van der Waals surface area contributed by atoms with Crippen LogP contribution in [0.15, 0.2) is 0 Å². The summed E-state index contributed by atoms with van der Waals surface area (Å²) in [5.41, 5.74) is 0.0324. The van der Waals surface area contributed by atoms with Crippen LogP contribution < -0.4 is 0 Å². The van der Waals surface area contributed by atoms with E-state index in [-0.39, 0.29) is 5.41 Å². The molecule has 2 saturated carbocycles. The molecule has 0 aromatic rings. The summed E-state index contributed by atoms with van der Waals surface area (Å²) >= 11 is 0. The quantitative estimate of drug-likeness (QED) is 0.479. The average molecular weight is 120 g/mol. The van der Waals surface area contributed by atoms with E-state index >= 15 is 0 Å². The van der Waals surface area contributed by atoms with Crippen molar-refractivity contribution in [3.05, 3.63) is 6.42 Å². The minimum atomic E-state index is 0.0324. The van der Waals surface area contributed by atoms with Gasteiger partial charge in [-0.05, 0) is 38.0 Å². The number of rotatable bonds is 0. The molecule has 9 heavy (non-hydrogen) atoms. The standard InChI is InChI=1S/C8H10N/c9-6-8-3-1-7(5-8)2-4-8/h3,7H,1-2,4-5H2. The molecule has 0 aromatic carbocycles. The van der Waals surface area contributed by atoms with E-state index in [9.17, 15) is 0 Å². The zero-order valence-electron chi connectivity index (χ0n) is 5.43. The van der Waals surface area contributed by atoms with Gasteiger partial charge in [0.2, 0.25) is 0 Å². The third kappa shape index (κ3) is 0.594. The number of hydrogen-bond acceptors (Lipinski definition) is 1. The molecule has 2 fully saturated rings. The zero-order chi connectivity index (χ0) is 6.32. The maximum atomic E-state index is 8.76. The highest BCUT2D eigenvalue weighted by Gasteiger charge is 2.45. The maximum absolute atomic E-state index is 8.76. The van der Waals surface area contributed by atoms with Gasteiger partial charge < -0.3 is 0 Å². The van der Waals surface area contributed by atoms with Crippen molar-refractivity contribution >= 4 is 0 Å². The molecule has 2 unspecified atom stereocenters. The van der Waals surface area contributed by atoms with Crippen LogP contribution in [-0.4, -0.2) is 0 Å². The van der Waals surface area contributed by atoms with Crippen LogP contribution in [0.1, 0.15) is 25.7 Å². The fourth-order valence-corrected chi connectivity index (χ4v) is 2.11. The van der Waals surface area contributed by atoms with Crippen LogP contribution in [0.3, 0.4) is 0 Å². The molecule has 2 aliphatic carbocycles. The largest absolute Gasteiger partial charge is 0.198 e. The van der Waals surface area contributed by atoms with Crippen LogP contribution in [0.4, 0.5) is 0 Å². The summed E-state index contributed by atoms with van der Waals surface area (Å²) in [7, 11) is 0. The lowest BCUT2D eigenvalue weighted by Crippen LogP contribution is -2.10. The van der Waals surface area contributed by atoms with E-state index in [1.165, 1.54) is 12.8 Å². The van der Waals surface area contributed by atoms with Gasteiger partial charge in [-0.25, -0.2) is 0 Å². The molecule has 0 aliphatic heterocycles. The fraction of sp³-hybridized carbons (Fsp3) is 0.750. The Bertz CT molecular complexity index is 158. The second-order valence-electron chi connectivity index (χ2n) is 3.32. The third-order valence-electron chi connectivity index (χ3n) is 2.72. The van der Waals surface area contributed by atoms with E-state index < -0.39 is 0 Å². The highest BCUT2D eigenvalue weighted by molar-refractivity contribution is 5.17. The Kier molecular flexibility index (Phi) is 0.883. The number of nitrogens with zero attached hydrogens (tertiary/aromatic N) is 1. The van der Waals surface area contributed by atoms with Crippen LogP contribution >= 0.6 is 0 Å². The summed E-state index contributed by atoms with van der Waals surface area (Å²) in [5.74, 6) is 0.865. The first kappa shape index (κ1) is 5.29. The fourth-order valence-electron chi connectivity index (χ4n) is 2.11. The maximum Gasteiger partial charge on any atom is 0.0692 e. The van der Waals surface area contributed by atoms with Crippen LogP contribution in [0.5, 0.6) is 0 Å². The molecule has 0 N–H and O–H groups in total. The molecule has 0 amide bonds. The highest BCUT2D eigenvalue weighted by atomic mass is 14.5. The molecule has 0 spiro atoms. The van der Waals surface area contributed by atoms with Gasteiger partial charge in [-0.2, -0.15) is 5.26 Å². The molecule has 1 nitrogen and oxygen atoms in total. The highest BCUT2D eigenvalue weighted by Crippen LogP contribution is 2.52.